The smallest absolute Gasteiger partial charge is 0.315 e. The van der Waals surface area contributed by atoms with Crippen molar-refractivity contribution in [2.45, 2.75) is 13.5 Å². The van der Waals surface area contributed by atoms with Crippen molar-refractivity contribution < 1.29 is 23.9 Å². The Bertz CT molecular complexity index is 1890. The highest BCUT2D eigenvalue weighted by molar-refractivity contribution is 5.84. The van der Waals surface area contributed by atoms with Crippen molar-refractivity contribution in [3.63, 3.8) is 0 Å². The van der Waals surface area contributed by atoms with Crippen molar-refractivity contribution >= 4 is 22.8 Å². The van der Waals surface area contributed by atoms with Crippen molar-refractivity contribution in [2.24, 2.45) is 5.10 Å². The fourth-order valence-corrected chi connectivity index (χ4v) is 4.54. The lowest BCUT2D eigenvalue weighted by Gasteiger charge is -2.13. The molecule has 42 heavy (non-hydrogen) atoms. The standard InChI is InChI=1S/C31H24N4O7/c1-2-39-28-16-21(14-25(35(37)38)29(28)40-18-20-12-13-26-27(15-20)42-19-41-26)17-32-34-30(22-8-4-3-5-9-22)33-24-11-7-6-10-23(24)31(34)36/h3-17H,2,18-19H2,1H3. The molecule has 0 N–H and O–H groups in total. The van der Waals surface area contributed by atoms with Crippen LogP contribution in [-0.2, 0) is 6.61 Å². The minimum absolute atomic E-state index is 0.0221. The average molecular weight is 565 g/mol. The highest BCUT2D eigenvalue weighted by Crippen LogP contribution is 2.39. The molecule has 2 heterocycles. The lowest BCUT2D eigenvalue weighted by Crippen LogP contribution is -2.20. The fourth-order valence-electron chi connectivity index (χ4n) is 4.54. The minimum Gasteiger partial charge on any atom is -0.490 e. The largest absolute Gasteiger partial charge is 0.490 e. The molecule has 0 fully saturated rings. The van der Waals surface area contributed by atoms with Crippen molar-refractivity contribution in [3.8, 4) is 34.4 Å². The van der Waals surface area contributed by atoms with Gasteiger partial charge < -0.3 is 18.9 Å². The zero-order valence-corrected chi connectivity index (χ0v) is 22.4. The Morgan fingerprint density at radius 2 is 1.79 bits per heavy atom. The second-order valence-corrected chi connectivity index (χ2v) is 9.21. The molecule has 5 aromatic rings. The molecular weight excluding hydrogens is 540 g/mol. The zero-order chi connectivity index (χ0) is 29.1. The molecule has 4 aromatic carbocycles. The molecule has 0 aliphatic carbocycles. The molecule has 0 amide bonds. The quantitative estimate of drug-likeness (QED) is 0.129. The summed E-state index contributed by atoms with van der Waals surface area (Å²) in [5.74, 6) is 1.68. The van der Waals surface area contributed by atoms with E-state index in [1.165, 1.54) is 17.0 Å². The predicted molar refractivity (Wildman–Crippen MR) is 156 cm³/mol. The van der Waals surface area contributed by atoms with Crippen LogP contribution in [0, 0.1) is 10.1 Å². The van der Waals surface area contributed by atoms with E-state index >= 15 is 0 Å². The van der Waals surface area contributed by atoms with Crippen LogP contribution in [0.3, 0.4) is 0 Å². The first-order valence-electron chi connectivity index (χ1n) is 13.1. The molecule has 0 atom stereocenters. The highest BCUT2D eigenvalue weighted by Gasteiger charge is 2.23. The first-order valence-corrected chi connectivity index (χ1v) is 13.1. The fraction of sp³-hybridized carbons (Fsp3) is 0.129. The van der Waals surface area contributed by atoms with E-state index in [2.05, 4.69) is 10.1 Å². The Kier molecular flexibility index (Phi) is 7.21. The molecule has 6 rings (SSSR count). The van der Waals surface area contributed by atoms with E-state index in [0.717, 1.165) is 5.56 Å². The van der Waals surface area contributed by atoms with Gasteiger partial charge in [0, 0.05) is 17.2 Å². The number of nitrogens with zero attached hydrogens (tertiary/aromatic N) is 4. The van der Waals surface area contributed by atoms with Crippen LogP contribution in [0.15, 0.2) is 94.8 Å². The molecule has 0 saturated heterocycles. The third-order valence-electron chi connectivity index (χ3n) is 6.48. The van der Waals surface area contributed by atoms with Crippen LogP contribution < -0.4 is 24.5 Å². The molecular formula is C31H24N4O7. The Balaban J connectivity index is 1.39. The monoisotopic (exact) mass is 564 g/mol. The van der Waals surface area contributed by atoms with Gasteiger partial charge in [-0.2, -0.15) is 9.78 Å². The summed E-state index contributed by atoms with van der Waals surface area (Å²) < 4.78 is 23.6. The van der Waals surface area contributed by atoms with Crippen molar-refractivity contribution in [2.75, 3.05) is 13.4 Å². The zero-order valence-electron chi connectivity index (χ0n) is 22.4. The lowest BCUT2D eigenvalue weighted by molar-refractivity contribution is -0.386. The van der Waals surface area contributed by atoms with Gasteiger partial charge >= 0.3 is 5.69 Å². The molecule has 0 saturated carbocycles. The molecule has 0 radical (unpaired) electrons. The first kappa shape index (κ1) is 26.5. The van der Waals surface area contributed by atoms with Gasteiger partial charge in [0.05, 0.1) is 28.6 Å². The Morgan fingerprint density at radius 3 is 2.60 bits per heavy atom. The van der Waals surface area contributed by atoms with Gasteiger partial charge in [-0.15, -0.1) is 0 Å². The Hall–Kier alpha value is -5.71. The highest BCUT2D eigenvalue weighted by atomic mass is 16.7. The summed E-state index contributed by atoms with van der Waals surface area (Å²) in [5, 5.41) is 17.0. The van der Waals surface area contributed by atoms with E-state index < -0.39 is 4.92 Å². The molecule has 1 aliphatic heterocycles. The molecule has 1 aromatic heterocycles. The van der Waals surface area contributed by atoms with Crippen molar-refractivity contribution in [1.29, 1.82) is 0 Å². The Labute approximate surface area is 239 Å². The number of benzene rings is 4. The van der Waals surface area contributed by atoms with Gasteiger partial charge in [0.25, 0.3) is 5.56 Å². The number of nitro groups is 1. The van der Waals surface area contributed by atoms with Crippen molar-refractivity contribution in [3.05, 3.63) is 117 Å². The van der Waals surface area contributed by atoms with Crippen LogP contribution in [0.5, 0.6) is 23.0 Å². The Morgan fingerprint density at radius 1 is 1.00 bits per heavy atom. The summed E-state index contributed by atoms with van der Waals surface area (Å²) in [4.78, 5) is 29.7. The molecule has 1 aliphatic rings. The molecule has 210 valence electrons. The van der Waals surface area contributed by atoms with Crippen LogP contribution in [0.4, 0.5) is 5.69 Å². The third kappa shape index (κ3) is 5.22. The number of nitro benzene ring substituents is 1. The number of aromatic nitrogens is 2. The predicted octanol–water partition coefficient (Wildman–Crippen LogP) is 5.56. The van der Waals surface area contributed by atoms with Gasteiger partial charge in [0.2, 0.25) is 12.5 Å². The summed E-state index contributed by atoms with van der Waals surface area (Å²) in [6, 6.07) is 24.4. The number of hydrogen-bond acceptors (Lipinski definition) is 9. The number of ether oxygens (including phenoxy) is 4. The summed E-state index contributed by atoms with van der Waals surface area (Å²) in [5.41, 5.74) is 1.60. The molecule has 11 heteroatoms. The van der Waals surface area contributed by atoms with E-state index in [4.69, 9.17) is 18.9 Å². The van der Waals surface area contributed by atoms with Crippen LogP contribution in [0.25, 0.3) is 22.3 Å². The van der Waals surface area contributed by atoms with Gasteiger partial charge in [0.1, 0.15) is 6.61 Å². The lowest BCUT2D eigenvalue weighted by atomic mass is 10.1. The van der Waals surface area contributed by atoms with Crippen LogP contribution in [0.1, 0.15) is 18.1 Å². The SMILES string of the molecule is CCOc1cc(C=Nn2c(-c3ccccc3)nc3ccccc3c2=O)cc([N+](=O)[O-])c1OCc1ccc2c(c1)OCO2. The topological polar surface area (TPSA) is 127 Å². The van der Waals surface area contributed by atoms with Gasteiger partial charge in [-0.3, -0.25) is 14.9 Å². The maximum Gasteiger partial charge on any atom is 0.315 e. The van der Waals surface area contributed by atoms with Crippen molar-refractivity contribution in [1.82, 2.24) is 9.66 Å². The molecule has 0 unspecified atom stereocenters. The number of para-hydroxylation sites is 1. The second kappa shape index (κ2) is 11.4. The number of fused-ring (bicyclic) bond motifs is 2. The number of rotatable bonds is 9. The normalized spacial score (nSPS) is 12.1. The van der Waals surface area contributed by atoms with E-state index in [1.54, 1.807) is 49.4 Å². The molecule has 0 spiro atoms. The minimum atomic E-state index is -0.548. The van der Waals surface area contributed by atoms with E-state index in [0.29, 0.717) is 39.4 Å². The molecule has 0 bridgehead atoms. The number of hydrogen-bond donors (Lipinski definition) is 0. The maximum atomic E-state index is 13.5. The summed E-state index contributed by atoms with van der Waals surface area (Å²) in [7, 11) is 0. The summed E-state index contributed by atoms with van der Waals surface area (Å²) >= 11 is 0. The van der Waals surface area contributed by atoms with E-state index in [-0.39, 0.29) is 42.8 Å². The molecule has 11 nitrogen and oxygen atoms in total. The summed E-state index contributed by atoms with van der Waals surface area (Å²) in [6.07, 6.45) is 1.36. The van der Waals surface area contributed by atoms with Gasteiger partial charge in [-0.25, -0.2) is 4.98 Å². The second-order valence-electron chi connectivity index (χ2n) is 9.21. The first-order chi connectivity index (χ1) is 20.5. The van der Waals surface area contributed by atoms with Gasteiger partial charge in [-0.1, -0.05) is 48.5 Å². The summed E-state index contributed by atoms with van der Waals surface area (Å²) in [6.45, 7) is 2.17. The van der Waals surface area contributed by atoms with E-state index in [1.807, 2.05) is 36.4 Å². The van der Waals surface area contributed by atoms with Crippen LogP contribution >= 0.6 is 0 Å². The van der Waals surface area contributed by atoms with E-state index in [9.17, 15) is 14.9 Å². The third-order valence-corrected chi connectivity index (χ3v) is 6.48. The average Bonchev–Trinajstić information content (AvgIpc) is 3.48. The van der Waals surface area contributed by atoms with Gasteiger partial charge in [0.15, 0.2) is 23.1 Å². The van der Waals surface area contributed by atoms with Crippen LogP contribution in [-0.4, -0.2) is 34.2 Å². The van der Waals surface area contributed by atoms with Gasteiger partial charge in [-0.05, 0) is 42.8 Å². The maximum absolute atomic E-state index is 13.5. The van der Waals surface area contributed by atoms with Crippen LogP contribution in [0.2, 0.25) is 0 Å².